The van der Waals surface area contributed by atoms with E-state index in [9.17, 15) is 13.2 Å². The minimum Gasteiger partial charge on any atom is -0.170 e. The fourth-order valence-corrected chi connectivity index (χ4v) is 1.84. The molecule has 0 bridgehead atoms. The van der Waals surface area contributed by atoms with E-state index < -0.39 is 11.0 Å². The molecule has 0 aliphatic carbocycles. The third-order valence-electron chi connectivity index (χ3n) is 1.46. The van der Waals surface area contributed by atoms with Crippen molar-refractivity contribution in [2.24, 2.45) is 0 Å². The quantitative estimate of drug-likeness (QED) is 0.696. The van der Waals surface area contributed by atoms with Gasteiger partial charge in [-0.25, -0.2) is 0 Å². The van der Waals surface area contributed by atoms with E-state index in [-0.39, 0.29) is 5.75 Å². The van der Waals surface area contributed by atoms with Crippen LogP contribution >= 0.6 is 27.7 Å². The molecule has 2 atom stereocenters. The molecule has 0 amide bonds. The summed E-state index contributed by atoms with van der Waals surface area (Å²) in [6.45, 7) is 3.90. The molecule has 0 spiro atoms. The molecule has 5 heteroatoms. The minimum absolute atomic E-state index is 0.0957. The topological polar surface area (TPSA) is 0 Å². The van der Waals surface area contributed by atoms with Crippen molar-refractivity contribution in [3.63, 3.8) is 0 Å². The Morgan fingerprint density at radius 2 is 1.92 bits per heavy atom. The van der Waals surface area contributed by atoms with Crippen molar-refractivity contribution in [2.45, 2.75) is 36.5 Å². The molecule has 0 fully saturated rings. The van der Waals surface area contributed by atoms with Gasteiger partial charge in [0.25, 0.3) is 0 Å². The average Bonchev–Trinajstić information content (AvgIpc) is 1.97. The third kappa shape index (κ3) is 5.30. The van der Waals surface area contributed by atoms with Gasteiger partial charge in [0, 0.05) is 11.0 Å². The van der Waals surface area contributed by atoms with E-state index in [1.807, 2.05) is 13.8 Å². The van der Waals surface area contributed by atoms with Crippen LogP contribution in [-0.2, 0) is 0 Å². The molecule has 0 heterocycles. The third-order valence-corrected chi connectivity index (χ3v) is 4.16. The molecule has 0 aliphatic rings. The number of hydrogen-bond acceptors (Lipinski definition) is 1. The standard InChI is InChI=1S/C7H12BrF3S/c1-3-5(2)12-4-6(8)7(9,10)11/h5-6H,3-4H2,1-2H3. The Kier molecular flexibility index (Phi) is 5.65. The van der Waals surface area contributed by atoms with Crippen molar-refractivity contribution in [3.8, 4) is 0 Å². The first-order valence-corrected chi connectivity index (χ1v) is 5.66. The van der Waals surface area contributed by atoms with Gasteiger partial charge >= 0.3 is 6.18 Å². The lowest BCUT2D eigenvalue weighted by Gasteiger charge is -2.15. The fourth-order valence-electron chi connectivity index (χ4n) is 0.461. The monoisotopic (exact) mass is 264 g/mol. The van der Waals surface area contributed by atoms with Gasteiger partial charge in [0.05, 0.1) is 0 Å². The van der Waals surface area contributed by atoms with Crippen LogP contribution in [0, 0.1) is 0 Å². The van der Waals surface area contributed by atoms with Crippen LogP contribution in [-0.4, -0.2) is 22.0 Å². The molecule has 0 aromatic rings. The predicted molar refractivity (Wildman–Crippen MR) is 51.0 cm³/mol. The van der Waals surface area contributed by atoms with Gasteiger partial charge in [-0.15, -0.1) is 0 Å². The molecular weight excluding hydrogens is 253 g/mol. The predicted octanol–water partition coefficient (Wildman–Crippen LogP) is 3.84. The second-order valence-corrected chi connectivity index (χ2v) is 5.14. The van der Waals surface area contributed by atoms with Gasteiger partial charge in [-0.05, 0) is 6.42 Å². The van der Waals surface area contributed by atoms with Crippen molar-refractivity contribution in [2.75, 3.05) is 5.75 Å². The molecular formula is C7H12BrF3S. The zero-order valence-corrected chi connectivity index (χ0v) is 9.39. The largest absolute Gasteiger partial charge is 0.402 e. The lowest BCUT2D eigenvalue weighted by Crippen LogP contribution is -2.25. The highest BCUT2D eigenvalue weighted by atomic mass is 79.9. The molecule has 0 saturated carbocycles. The Balaban J connectivity index is 3.64. The molecule has 0 N–H and O–H groups in total. The average molecular weight is 265 g/mol. The zero-order chi connectivity index (χ0) is 9.78. The molecule has 0 radical (unpaired) electrons. The van der Waals surface area contributed by atoms with Crippen LogP contribution in [0.3, 0.4) is 0 Å². The van der Waals surface area contributed by atoms with Crippen molar-refractivity contribution >= 4 is 27.7 Å². The van der Waals surface area contributed by atoms with E-state index in [0.29, 0.717) is 5.25 Å². The molecule has 0 nitrogen and oxygen atoms in total. The first-order valence-electron chi connectivity index (χ1n) is 3.70. The van der Waals surface area contributed by atoms with E-state index in [4.69, 9.17) is 0 Å². The molecule has 0 aromatic heterocycles. The number of rotatable bonds is 4. The first kappa shape index (κ1) is 12.6. The smallest absolute Gasteiger partial charge is 0.170 e. The Morgan fingerprint density at radius 1 is 1.42 bits per heavy atom. The highest BCUT2D eigenvalue weighted by Gasteiger charge is 2.37. The highest BCUT2D eigenvalue weighted by molar-refractivity contribution is 9.09. The molecule has 0 rings (SSSR count). The summed E-state index contributed by atoms with van der Waals surface area (Å²) in [5.74, 6) is 0.0957. The van der Waals surface area contributed by atoms with Crippen LogP contribution in [0.2, 0.25) is 0 Å². The molecule has 0 aromatic carbocycles. The van der Waals surface area contributed by atoms with E-state index >= 15 is 0 Å². The van der Waals surface area contributed by atoms with Gasteiger partial charge in [0.15, 0.2) is 0 Å². The lowest BCUT2D eigenvalue weighted by molar-refractivity contribution is -0.122. The van der Waals surface area contributed by atoms with Gasteiger partial charge in [-0.3, -0.25) is 0 Å². The second kappa shape index (κ2) is 5.37. The summed E-state index contributed by atoms with van der Waals surface area (Å²) in [6, 6.07) is 0. The van der Waals surface area contributed by atoms with Crippen LogP contribution in [0.25, 0.3) is 0 Å². The summed E-state index contributed by atoms with van der Waals surface area (Å²) in [4.78, 5) is -1.37. The summed E-state index contributed by atoms with van der Waals surface area (Å²) in [7, 11) is 0. The van der Waals surface area contributed by atoms with Gasteiger partial charge in [-0.2, -0.15) is 24.9 Å². The van der Waals surface area contributed by atoms with E-state index in [1.165, 1.54) is 11.8 Å². The number of alkyl halides is 4. The maximum Gasteiger partial charge on any atom is 0.402 e. The van der Waals surface area contributed by atoms with Crippen molar-refractivity contribution in [1.82, 2.24) is 0 Å². The minimum atomic E-state index is -4.11. The van der Waals surface area contributed by atoms with E-state index in [1.54, 1.807) is 0 Å². The number of thioether (sulfide) groups is 1. The Hall–Kier alpha value is 0.620. The SMILES string of the molecule is CCC(C)SCC(Br)C(F)(F)F. The summed E-state index contributed by atoms with van der Waals surface area (Å²) in [5.41, 5.74) is 0. The van der Waals surface area contributed by atoms with E-state index in [2.05, 4.69) is 15.9 Å². The zero-order valence-electron chi connectivity index (χ0n) is 6.99. The van der Waals surface area contributed by atoms with Crippen LogP contribution in [0.15, 0.2) is 0 Å². The highest BCUT2D eigenvalue weighted by Crippen LogP contribution is 2.30. The van der Waals surface area contributed by atoms with Crippen molar-refractivity contribution in [1.29, 1.82) is 0 Å². The summed E-state index contributed by atoms with van der Waals surface area (Å²) in [6.07, 6.45) is -3.21. The first-order chi connectivity index (χ1) is 5.38. The summed E-state index contributed by atoms with van der Waals surface area (Å²) in [5, 5.41) is 0.299. The molecule has 2 unspecified atom stereocenters. The Morgan fingerprint density at radius 3 is 2.25 bits per heavy atom. The number of halogens is 4. The van der Waals surface area contributed by atoms with E-state index in [0.717, 1.165) is 6.42 Å². The van der Waals surface area contributed by atoms with Crippen LogP contribution in [0.4, 0.5) is 13.2 Å². The van der Waals surface area contributed by atoms with Gasteiger partial charge in [-0.1, -0.05) is 29.8 Å². The van der Waals surface area contributed by atoms with Gasteiger partial charge in [0.2, 0.25) is 0 Å². The summed E-state index contributed by atoms with van der Waals surface area (Å²) >= 11 is 3.95. The molecule has 12 heavy (non-hydrogen) atoms. The molecule has 74 valence electrons. The van der Waals surface area contributed by atoms with Gasteiger partial charge < -0.3 is 0 Å². The molecule has 0 saturated heterocycles. The van der Waals surface area contributed by atoms with Crippen LogP contribution in [0.1, 0.15) is 20.3 Å². The van der Waals surface area contributed by atoms with Crippen LogP contribution < -0.4 is 0 Å². The van der Waals surface area contributed by atoms with Crippen LogP contribution in [0.5, 0.6) is 0 Å². The normalized spacial score (nSPS) is 17.5. The molecule has 0 aliphatic heterocycles. The van der Waals surface area contributed by atoms with Gasteiger partial charge in [0.1, 0.15) is 4.83 Å². The Bertz CT molecular complexity index is 126. The Labute approximate surface area is 83.4 Å². The fraction of sp³-hybridized carbons (Fsp3) is 1.00. The number of hydrogen-bond donors (Lipinski definition) is 0. The second-order valence-electron chi connectivity index (χ2n) is 2.56. The maximum absolute atomic E-state index is 11.9. The van der Waals surface area contributed by atoms with Crippen molar-refractivity contribution < 1.29 is 13.2 Å². The van der Waals surface area contributed by atoms with Crippen molar-refractivity contribution in [3.05, 3.63) is 0 Å². The maximum atomic E-state index is 11.9. The lowest BCUT2D eigenvalue weighted by atomic mass is 10.4. The summed E-state index contributed by atoms with van der Waals surface area (Å²) < 4.78 is 35.8.